The molecule has 0 radical (unpaired) electrons. The predicted octanol–water partition coefficient (Wildman–Crippen LogP) is 11.4. The molecule has 2 heterocycles. The zero-order chi connectivity index (χ0) is 36.7. The van der Waals surface area contributed by atoms with E-state index in [-0.39, 0.29) is 0 Å². The van der Waals surface area contributed by atoms with Crippen LogP contribution in [0.2, 0.25) is 0 Å². The molecule has 0 saturated carbocycles. The Bertz CT molecular complexity index is 2600. The molecule has 5 nitrogen and oxygen atoms in total. The molecule has 0 N–H and O–H groups in total. The maximum atomic E-state index is 5.27. The molecule has 2 aromatic heterocycles. The summed E-state index contributed by atoms with van der Waals surface area (Å²) in [7, 11) is 0. The van der Waals surface area contributed by atoms with Gasteiger partial charge < -0.3 is 0 Å². The molecule has 0 aliphatic heterocycles. The fourth-order valence-corrected chi connectivity index (χ4v) is 6.48. The SMILES string of the molecule is C/C(=C(\N=c1cccccc1C)c1ccccc1)c1cccc(-c2cc(-c3ccncc3)cc(-c3nc(-c4ccccc4)nc(-c4ccccc4)n3)c2)c1. The van der Waals surface area contributed by atoms with Gasteiger partial charge in [0, 0.05) is 34.6 Å². The number of nitrogens with zero attached hydrogens (tertiary/aromatic N) is 5. The summed E-state index contributed by atoms with van der Waals surface area (Å²) in [5, 5.41) is 0.936. The minimum atomic E-state index is 0.601. The Balaban J connectivity index is 1.31. The second-order valence-electron chi connectivity index (χ2n) is 13.1. The summed E-state index contributed by atoms with van der Waals surface area (Å²) >= 11 is 0. The van der Waals surface area contributed by atoms with Crippen molar-refractivity contribution in [3.05, 3.63) is 210 Å². The van der Waals surface area contributed by atoms with Gasteiger partial charge in [0.15, 0.2) is 17.5 Å². The molecular weight excluding hydrogens is 659 g/mol. The van der Waals surface area contributed by atoms with Gasteiger partial charge in [0.25, 0.3) is 0 Å². The Hall–Kier alpha value is -7.11. The minimum Gasteiger partial charge on any atom is -0.265 e. The van der Waals surface area contributed by atoms with E-state index < -0.39 is 0 Å². The van der Waals surface area contributed by atoms with E-state index in [0.717, 1.165) is 72.3 Å². The molecule has 8 aromatic rings. The largest absolute Gasteiger partial charge is 0.265 e. The van der Waals surface area contributed by atoms with Crippen LogP contribution < -0.4 is 5.36 Å². The van der Waals surface area contributed by atoms with Crippen LogP contribution in [-0.4, -0.2) is 19.9 Å². The van der Waals surface area contributed by atoms with Crippen LogP contribution in [0.5, 0.6) is 0 Å². The Morgan fingerprint density at radius 2 is 0.889 bits per heavy atom. The highest BCUT2D eigenvalue weighted by molar-refractivity contribution is 5.91. The van der Waals surface area contributed by atoms with Gasteiger partial charge in [0.1, 0.15) is 0 Å². The Morgan fingerprint density at radius 1 is 0.407 bits per heavy atom. The van der Waals surface area contributed by atoms with Crippen molar-refractivity contribution in [3.63, 3.8) is 0 Å². The Kier molecular flexibility index (Phi) is 9.85. The molecule has 54 heavy (non-hydrogen) atoms. The molecule has 0 bridgehead atoms. The van der Waals surface area contributed by atoms with Crippen LogP contribution in [0.25, 0.3) is 67.7 Å². The van der Waals surface area contributed by atoms with Gasteiger partial charge in [-0.1, -0.05) is 133 Å². The van der Waals surface area contributed by atoms with Crippen LogP contribution >= 0.6 is 0 Å². The van der Waals surface area contributed by atoms with Crippen LogP contribution in [0.1, 0.15) is 23.6 Å². The van der Waals surface area contributed by atoms with E-state index in [9.17, 15) is 0 Å². The van der Waals surface area contributed by atoms with E-state index in [0.29, 0.717) is 17.5 Å². The molecule has 258 valence electrons. The lowest BCUT2D eigenvalue weighted by molar-refractivity contribution is 1.07. The van der Waals surface area contributed by atoms with Gasteiger partial charge in [-0.15, -0.1) is 0 Å². The molecule has 0 unspecified atom stereocenters. The number of benzene rings is 5. The number of hydrogen-bond acceptors (Lipinski definition) is 5. The average Bonchev–Trinajstić information content (AvgIpc) is 3.46. The first-order valence-electron chi connectivity index (χ1n) is 18.0. The third-order valence-corrected chi connectivity index (χ3v) is 9.39. The summed E-state index contributed by atoms with van der Waals surface area (Å²) in [5.74, 6) is 1.85. The minimum absolute atomic E-state index is 0.601. The van der Waals surface area contributed by atoms with Gasteiger partial charge in [-0.25, -0.2) is 19.9 Å². The first-order valence-corrected chi connectivity index (χ1v) is 18.0. The van der Waals surface area contributed by atoms with Gasteiger partial charge in [-0.2, -0.15) is 0 Å². The monoisotopic (exact) mass is 695 g/mol. The first kappa shape index (κ1) is 34.0. The summed E-state index contributed by atoms with van der Waals surface area (Å²) in [4.78, 5) is 24.6. The van der Waals surface area contributed by atoms with Gasteiger partial charge in [-0.3, -0.25) is 4.98 Å². The number of aryl methyl sites for hydroxylation is 1. The Morgan fingerprint density at radius 3 is 1.52 bits per heavy atom. The van der Waals surface area contributed by atoms with E-state index in [1.807, 2.05) is 109 Å². The van der Waals surface area contributed by atoms with E-state index in [1.54, 1.807) is 0 Å². The fraction of sp³-hybridized carbons (Fsp3) is 0.0408. The van der Waals surface area contributed by atoms with Crippen molar-refractivity contribution in [2.75, 3.05) is 0 Å². The van der Waals surface area contributed by atoms with Crippen molar-refractivity contribution in [2.24, 2.45) is 4.99 Å². The number of pyridine rings is 1. The van der Waals surface area contributed by atoms with Gasteiger partial charge >= 0.3 is 0 Å². The van der Waals surface area contributed by atoms with Crippen molar-refractivity contribution in [1.29, 1.82) is 0 Å². The zero-order valence-electron chi connectivity index (χ0n) is 30.1. The third-order valence-electron chi connectivity index (χ3n) is 9.39. The van der Waals surface area contributed by atoms with Crippen LogP contribution in [0.4, 0.5) is 0 Å². The second-order valence-corrected chi connectivity index (χ2v) is 13.1. The molecule has 0 aliphatic carbocycles. The van der Waals surface area contributed by atoms with Gasteiger partial charge in [-0.05, 0) is 95.3 Å². The average molecular weight is 696 g/mol. The highest BCUT2D eigenvalue weighted by Gasteiger charge is 2.16. The van der Waals surface area contributed by atoms with Crippen molar-refractivity contribution >= 4 is 11.3 Å². The molecule has 6 aromatic carbocycles. The van der Waals surface area contributed by atoms with Gasteiger partial charge in [0.05, 0.1) is 11.1 Å². The van der Waals surface area contributed by atoms with E-state index in [2.05, 4.69) is 97.7 Å². The molecule has 8 rings (SSSR count). The molecule has 5 heteroatoms. The summed E-state index contributed by atoms with van der Waals surface area (Å²) in [6.07, 6.45) is 3.65. The number of allylic oxidation sites excluding steroid dienone is 1. The van der Waals surface area contributed by atoms with Crippen molar-refractivity contribution in [2.45, 2.75) is 13.8 Å². The molecule has 0 spiro atoms. The number of rotatable bonds is 8. The number of aromatic nitrogens is 4. The maximum Gasteiger partial charge on any atom is 0.164 e. The van der Waals surface area contributed by atoms with Crippen LogP contribution in [0.3, 0.4) is 0 Å². The number of hydrogen-bond donors (Lipinski definition) is 0. The Labute approximate surface area is 315 Å². The smallest absolute Gasteiger partial charge is 0.164 e. The summed E-state index contributed by atoms with van der Waals surface area (Å²) in [6.45, 7) is 4.26. The first-order chi connectivity index (χ1) is 26.6. The molecular formula is C49H37N5. The highest BCUT2D eigenvalue weighted by Crippen LogP contribution is 2.35. The maximum absolute atomic E-state index is 5.27. The van der Waals surface area contributed by atoms with E-state index in [4.69, 9.17) is 19.9 Å². The predicted molar refractivity (Wildman–Crippen MR) is 220 cm³/mol. The normalized spacial score (nSPS) is 11.9. The van der Waals surface area contributed by atoms with Crippen molar-refractivity contribution in [1.82, 2.24) is 19.9 Å². The van der Waals surface area contributed by atoms with Crippen molar-refractivity contribution in [3.8, 4) is 56.4 Å². The van der Waals surface area contributed by atoms with E-state index in [1.165, 1.54) is 0 Å². The highest BCUT2D eigenvalue weighted by atomic mass is 15.0. The molecule has 0 atom stereocenters. The van der Waals surface area contributed by atoms with Crippen LogP contribution in [0, 0.1) is 6.92 Å². The van der Waals surface area contributed by atoms with Crippen LogP contribution in [-0.2, 0) is 0 Å². The quantitative estimate of drug-likeness (QED) is 0.148. The topological polar surface area (TPSA) is 63.9 Å². The molecule has 0 fully saturated rings. The summed E-state index contributed by atoms with van der Waals surface area (Å²) in [5.41, 5.74) is 12.2. The van der Waals surface area contributed by atoms with E-state index >= 15 is 0 Å². The summed E-state index contributed by atoms with van der Waals surface area (Å²) in [6, 6.07) is 60.1. The lowest BCUT2D eigenvalue weighted by Gasteiger charge is -2.14. The zero-order valence-corrected chi connectivity index (χ0v) is 30.1. The fourth-order valence-electron chi connectivity index (χ4n) is 6.48. The third kappa shape index (κ3) is 7.57. The van der Waals surface area contributed by atoms with Crippen molar-refractivity contribution < 1.29 is 0 Å². The molecule has 0 aliphatic rings. The molecule has 0 amide bonds. The molecule has 0 saturated heterocycles. The second kappa shape index (κ2) is 15.6. The van der Waals surface area contributed by atoms with Gasteiger partial charge in [0.2, 0.25) is 0 Å². The standard InChI is InChI=1S/C49H37N5/c1-34-16-7-3-14-25-45(34)51-46(37-17-8-4-9-18-37)35(2)40-23-15-24-41(30-40)43-31-42(36-26-28-50-29-27-36)32-44(33-43)49-53-47(38-19-10-5-11-20-38)52-48(54-49)39-21-12-6-13-22-39/h3-33H,1-2H3/b46-35+,51-45?. The van der Waals surface area contributed by atoms with Crippen LogP contribution in [0.15, 0.2) is 193 Å². The lowest BCUT2D eigenvalue weighted by atomic mass is 9.93. The lowest BCUT2D eigenvalue weighted by Crippen LogP contribution is -2.04. The summed E-state index contributed by atoms with van der Waals surface area (Å²) < 4.78 is 0.